The summed E-state index contributed by atoms with van der Waals surface area (Å²) in [6.07, 6.45) is 1.70. The lowest BCUT2D eigenvalue weighted by molar-refractivity contribution is -0.120. The number of nitrogens with zero attached hydrogens (tertiary/aromatic N) is 2. The van der Waals surface area contributed by atoms with Crippen molar-refractivity contribution in [2.24, 2.45) is 5.92 Å². The van der Waals surface area contributed by atoms with Gasteiger partial charge >= 0.3 is 0 Å². The van der Waals surface area contributed by atoms with E-state index in [-0.39, 0.29) is 11.8 Å². The van der Waals surface area contributed by atoms with Gasteiger partial charge in [0.25, 0.3) is 0 Å². The molecule has 1 saturated heterocycles. The predicted octanol–water partition coefficient (Wildman–Crippen LogP) is 6.40. The standard InChI is InChI=1S/C29H25N3O/c33-29(31-28-11-5-10-27-25(28)19-23-8-3-4-9-26(23)30-27)21-14-16-32(17-15-21)24-13-12-20-6-1-2-7-22(20)18-24/h1-13,18-19,21H,14-17H2,(H,31,33). The molecule has 1 fully saturated rings. The normalized spacial score (nSPS) is 14.7. The highest BCUT2D eigenvalue weighted by Crippen LogP contribution is 2.29. The summed E-state index contributed by atoms with van der Waals surface area (Å²) in [7, 11) is 0. The quantitative estimate of drug-likeness (QED) is 0.336. The van der Waals surface area contributed by atoms with Gasteiger partial charge in [-0.25, -0.2) is 4.98 Å². The summed E-state index contributed by atoms with van der Waals surface area (Å²) in [6, 6.07) is 31.2. The molecule has 5 aromatic rings. The zero-order valence-electron chi connectivity index (χ0n) is 18.4. The highest BCUT2D eigenvalue weighted by Gasteiger charge is 2.25. The topological polar surface area (TPSA) is 45.2 Å². The van der Waals surface area contributed by atoms with E-state index in [2.05, 4.69) is 64.8 Å². The number of para-hydroxylation sites is 1. The van der Waals surface area contributed by atoms with E-state index >= 15 is 0 Å². The molecule has 0 bridgehead atoms. The van der Waals surface area contributed by atoms with E-state index in [1.54, 1.807) is 0 Å². The Hall–Kier alpha value is -3.92. The average Bonchev–Trinajstić information content (AvgIpc) is 2.87. The number of anilines is 2. The van der Waals surface area contributed by atoms with Gasteiger partial charge in [0.05, 0.1) is 16.7 Å². The van der Waals surface area contributed by atoms with Crippen LogP contribution < -0.4 is 10.2 Å². The molecule has 1 N–H and O–H groups in total. The van der Waals surface area contributed by atoms with Crippen LogP contribution in [0, 0.1) is 5.92 Å². The molecule has 0 saturated carbocycles. The second kappa shape index (κ2) is 8.21. The van der Waals surface area contributed by atoms with Crippen LogP contribution in [0.2, 0.25) is 0 Å². The highest BCUT2D eigenvalue weighted by molar-refractivity contribution is 6.05. The summed E-state index contributed by atoms with van der Waals surface area (Å²) >= 11 is 0. The summed E-state index contributed by atoms with van der Waals surface area (Å²) in [5.41, 5.74) is 3.94. The van der Waals surface area contributed by atoms with Crippen molar-refractivity contribution < 1.29 is 4.79 Å². The Balaban J connectivity index is 1.18. The minimum Gasteiger partial charge on any atom is -0.371 e. The summed E-state index contributed by atoms with van der Waals surface area (Å²) in [5.74, 6) is 0.124. The molecule has 4 heteroatoms. The second-order valence-corrected chi connectivity index (χ2v) is 8.84. The van der Waals surface area contributed by atoms with Gasteiger partial charge in [0.2, 0.25) is 5.91 Å². The highest BCUT2D eigenvalue weighted by atomic mass is 16.1. The molecule has 0 radical (unpaired) electrons. The van der Waals surface area contributed by atoms with Gasteiger partial charge in [-0.3, -0.25) is 4.79 Å². The maximum absolute atomic E-state index is 13.1. The summed E-state index contributed by atoms with van der Waals surface area (Å²) in [4.78, 5) is 20.3. The second-order valence-electron chi connectivity index (χ2n) is 8.84. The average molecular weight is 432 g/mol. The Labute approximate surface area is 192 Å². The molecule has 0 unspecified atom stereocenters. The lowest BCUT2D eigenvalue weighted by Gasteiger charge is -2.33. The minimum atomic E-state index is 0.0189. The van der Waals surface area contributed by atoms with Gasteiger partial charge in [0.15, 0.2) is 0 Å². The van der Waals surface area contributed by atoms with E-state index < -0.39 is 0 Å². The number of aromatic nitrogens is 1. The number of amides is 1. The number of carbonyl (C=O) groups excluding carboxylic acids is 1. The molecular weight excluding hydrogens is 406 g/mol. The Bertz CT molecular complexity index is 1480. The molecule has 4 aromatic carbocycles. The van der Waals surface area contributed by atoms with Crippen molar-refractivity contribution in [1.82, 2.24) is 4.98 Å². The smallest absolute Gasteiger partial charge is 0.227 e. The third kappa shape index (κ3) is 3.78. The van der Waals surface area contributed by atoms with E-state index in [4.69, 9.17) is 4.98 Å². The molecule has 0 atom stereocenters. The zero-order chi connectivity index (χ0) is 22.2. The lowest BCUT2D eigenvalue weighted by Crippen LogP contribution is -2.38. The molecular formula is C29H25N3O. The molecule has 1 aromatic heterocycles. The van der Waals surface area contributed by atoms with E-state index in [0.29, 0.717) is 0 Å². The molecule has 33 heavy (non-hydrogen) atoms. The molecule has 1 amide bonds. The first-order chi connectivity index (χ1) is 16.2. The molecule has 0 spiro atoms. The Morgan fingerprint density at radius 2 is 1.48 bits per heavy atom. The Morgan fingerprint density at radius 1 is 0.758 bits per heavy atom. The molecule has 2 heterocycles. The van der Waals surface area contributed by atoms with E-state index in [0.717, 1.165) is 53.4 Å². The van der Waals surface area contributed by atoms with Crippen molar-refractivity contribution in [3.8, 4) is 0 Å². The van der Waals surface area contributed by atoms with E-state index in [9.17, 15) is 4.79 Å². The summed E-state index contributed by atoms with van der Waals surface area (Å²) in [6.45, 7) is 1.77. The first kappa shape index (κ1) is 19.7. The van der Waals surface area contributed by atoms with Crippen LogP contribution in [-0.4, -0.2) is 24.0 Å². The minimum absolute atomic E-state index is 0.0189. The lowest BCUT2D eigenvalue weighted by atomic mass is 9.95. The molecule has 6 rings (SSSR count). The third-order valence-electron chi connectivity index (χ3n) is 6.78. The van der Waals surface area contributed by atoms with E-state index in [1.807, 2.05) is 36.4 Å². The third-order valence-corrected chi connectivity index (χ3v) is 6.78. The number of hydrogen-bond donors (Lipinski definition) is 1. The van der Waals surface area contributed by atoms with Crippen molar-refractivity contribution in [3.63, 3.8) is 0 Å². The maximum atomic E-state index is 13.1. The van der Waals surface area contributed by atoms with Crippen molar-refractivity contribution in [2.75, 3.05) is 23.3 Å². The molecule has 162 valence electrons. The van der Waals surface area contributed by atoms with Gasteiger partial charge in [0.1, 0.15) is 0 Å². The van der Waals surface area contributed by atoms with Crippen LogP contribution in [0.1, 0.15) is 12.8 Å². The van der Waals surface area contributed by atoms with Gasteiger partial charge in [-0.2, -0.15) is 0 Å². The number of rotatable bonds is 3. The number of hydrogen-bond acceptors (Lipinski definition) is 3. The Kier molecular flexibility index (Phi) is 4.91. The van der Waals surface area contributed by atoms with E-state index in [1.165, 1.54) is 16.5 Å². The fourth-order valence-corrected chi connectivity index (χ4v) is 4.92. The number of pyridine rings is 1. The van der Waals surface area contributed by atoms with Crippen LogP contribution in [-0.2, 0) is 4.79 Å². The van der Waals surface area contributed by atoms with Crippen molar-refractivity contribution in [1.29, 1.82) is 0 Å². The monoisotopic (exact) mass is 431 g/mol. The van der Waals surface area contributed by atoms with Gasteiger partial charge in [-0.05, 0) is 60.0 Å². The molecule has 1 aliphatic rings. The number of carbonyl (C=O) groups is 1. The van der Waals surface area contributed by atoms with Gasteiger partial charge < -0.3 is 10.2 Å². The molecule has 0 aliphatic carbocycles. The fraction of sp³-hybridized carbons (Fsp3) is 0.172. The SMILES string of the molecule is O=C(Nc1cccc2nc3ccccc3cc12)C1CCN(c2ccc3ccccc3c2)CC1. The van der Waals surface area contributed by atoms with Crippen LogP contribution in [0.5, 0.6) is 0 Å². The van der Waals surface area contributed by atoms with Crippen molar-refractivity contribution in [2.45, 2.75) is 12.8 Å². The molecule has 1 aliphatic heterocycles. The van der Waals surface area contributed by atoms with Crippen LogP contribution in [0.4, 0.5) is 11.4 Å². The maximum Gasteiger partial charge on any atom is 0.227 e. The van der Waals surface area contributed by atoms with Crippen LogP contribution in [0.15, 0.2) is 91.0 Å². The molecule has 4 nitrogen and oxygen atoms in total. The number of piperidine rings is 1. The number of fused-ring (bicyclic) bond motifs is 3. The van der Waals surface area contributed by atoms with Crippen molar-refractivity contribution >= 4 is 49.9 Å². The van der Waals surface area contributed by atoms with Gasteiger partial charge in [0, 0.05) is 35.5 Å². The first-order valence-electron chi connectivity index (χ1n) is 11.6. The fourth-order valence-electron chi connectivity index (χ4n) is 4.92. The number of nitrogens with one attached hydrogen (secondary N) is 1. The van der Waals surface area contributed by atoms with Crippen LogP contribution in [0.3, 0.4) is 0 Å². The van der Waals surface area contributed by atoms with Gasteiger partial charge in [-0.15, -0.1) is 0 Å². The predicted molar refractivity (Wildman–Crippen MR) is 137 cm³/mol. The largest absolute Gasteiger partial charge is 0.371 e. The zero-order valence-corrected chi connectivity index (χ0v) is 18.4. The van der Waals surface area contributed by atoms with Gasteiger partial charge in [-0.1, -0.05) is 54.6 Å². The summed E-state index contributed by atoms with van der Waals surface area (Å²) in [5, 5.41) is 7.78. The van der Waals surface area contributed by atoms with Crippen LogP contribution >= 0.6 is 0 Å². The first-order valence-corrected chi connectivity index (χ1v) is 11.6. The summed E-state index contributed by atoms with van der Waals surface area (Å²) < 4.78 is 0. The van der Waals surface area contributed by atoms with Crippen LogP contribution in [0.25, 0.3) is 32.6 Å². The number of benzene rings is 4. The van der Waals surface area contributed by atoms with Crippen molar-refractivity contribution in [3.05, 3.63) is 91.0 Å². The Morgan fingerprint density at radius 3 is 2.33 bits per heavy atom.